The van der Waals surface area contributed by atoms with Crippen molar-refractivity contribution in [1.29, 1.82) is 0 Å². The maximum atomic E-state index is 11.8. The normalized spacial score (nSPS) is 15.3. The molecule has 1 aromatic carbocycles. The largest absolute Gasteiger partial charge is 0.352 e. The van der Waals surface area contributed by atoms with Crippen LogP contribution in [0.3, 0.4) is 0 Å². The van der Waals surface area contributed by atoms with Crippen molar-refractivity contribution in [3.63, 3.8) is 0 Å². The molecule has 0 N–H and O–H groups in total. The summed E-state index contributed by atoms with van der Waals surface area (Å²) in [5.41, 5.74) is 2.79. The maximum absolute atomic E-state index is 11.8. The number of benzene rings is 1. The van der Waals surface area contributed by atoms with E-state index in [-0.39, 0.29) is 5.91 Å². The topological polar surface area (TPSA) is 49.3 Å². The number of carbonyl (C=O) groups excluding carboxylic acids is 1. The van der Waals surface area contributed by atoms with Gasteiger partial charge in [0, 0.05) is 31.6 Å². The summed E-state index contributed by atoms with van der Waals surface area (Å²) in [7, 11) is 0. The molecule has 0 spiro atoms. The van der Waals surface area contributed by atoms with Gasteiger partial charge in [0.2, 0.25) is 5.91 Å². The van der Waals surface area contributed by atoms with E-state index in [0.717, 1.165) is 27.9 Å². The molecule has 28 heavy (non-hydrogen) atoms. The van der Waals surface area contributed by atoms with Gasteiger partial charge >= 0.3 is 0 Å². The zero-order valence-corrected chi connectivity index (χ0v) is 16.7. The van der Waals surface area contributed by atoms with Crippen LogP contribution in [0.1, 0.15) is 12.5 Å². The first-order chi connectivity index (χ1) is 13.5. The number of allylic oxidation sites excluding steroid dienone is 5. The Kier molecular flexibility index (Phi) is 6.26. The molecule has 2 heterocycles. The summed E-state index contributed by atoms with van der Waals surface area (Å²) in [6.45, 7) is 12.0. The highest BCUT2D eigenvalue weighted by Gasteiger charge is 2.22. The van der Waals surface area contributed by atoms with Crippen LogP contribution in [0.4, 0.5) is 5.82 Å². The van der Waals surface area contributed by atoms with Crippen LogP contribution in [0.15, 0.2) is 62.0 Å². The second-order valence-corrected chi connectivity index (χ2v) is 6.94. The summed E-state index contributed by atoms with van der Waals surface area (Å²) >= 11 is 6.51. The van der Waals surface area contributed by atoms with E-state index in [1.165, 1.54) is 6.08 Å². The van der Waals surface area contributed by atoms with Crippen LogP contribution in [-0.2, 0) is 4.79 Å². The number of halogens is 1. The molecule has 2 aromatic rings. The number of anilines is 1. The third-order valence-electron chi connectivity index (χ3n) is 4.79. The van der Waals surface area contributed by atoms with E-state index in [1.54, 1.807) is 17.3 Å². The van der Waals surface area contributed by atoms with Crippen LogP contribution in [0.2, 0.25) is 5.02 Å². The molecule has 0 aliphatic carbocycles. The first-order valence-corrected chi connectivity index (χ1v) is 9.50. The minimum atomic E-state index is -0.0328. The molecule has 0 radical (unpaired) electrons. The average Bonchev–Trinajstić information content (AvgIpc) is 2.72. The van der Waals surface area contributed by atoms with Gasteiger partial charge < -0.3 is 9.80 Å². The Morgan fingerprint density at radius 1 is 1.14 bits per heavy atom. The van der Waals surface area contributed by atoms with Crippen molar-refractivity contribution in [2.75, 3.05) is 31.1 Å². The van der Waals surface area contributed by atoms with Crippen molar-refractivity contribution in [3.05, 3.63) is 72.6 Å². The lowest BCUT2D eigenvalue weighted by Crippen LogP contribution is -2.48. The third kappa shape index (κ3) is 4.15. The number of amides is 1. The fourth-order valence-corrected chi connectivity index (χ4v) is 3.56. The van der Waals surface area contributed by atoms with Gasteiger partial charge in [-0.3, -0.25) is 4.79 Å². The number of nitrogens with zero attached hydrogens (tertiary/aromatic N) is 4. The second-order valence-electron chi connectivity index (χ2n) is 6.53. The van der Waals surface area contributed by atoms with E-state index in [2.05, 4.69) is 28.0 Å². The van der Waals surface area contributed by atoms with Crippen molar-refractivity contribution < 1.29 is 4.79 Å². The number of rotatable bonds is 5. The molecule has 3 rings (SSSR count). The molecule has 5 nitrogen and oxygen atoms in total. The molecule has 144 valence electrons. The average molecular weight is 395 g/mol. The molecule has 1 aromatic heterocycles. The van der Waals surface area contributed by atoms with E-state index in [0.29, 0.717) is 31.2 Å². The SMILES string of the molecule is C=C/C=C\C=C(/C)c1cc2c(N3CCN(C(=O)C=C)CC3)ncnc2cc1Cl. The van der Waals surface area contributed by atoms with Gasteiger partial charge in [-0.2, -0.15) is 0 Å². The molecule has 1 fully saturated rings. The molecular formula is C22H23ClN4O. The molecule has 0 saturated carbocycles. The Balaban J connectivity index is 1.96. The quantitative estimate of drug-likeness (QED) is 0.561. The van der Waals surface area contributed by atoms with E-state index in [9.17, 15) is 4.79 Å². The Morgan fingerprint density at radius 2 is 1.89 bits per heavy atom. The highest BCUT2D eigenvalue weighted by atomic mass is 35.5. The van der Waals surface area contributed by atoms with Gasteiger partial charge in [0.05, 0.1) is 10.5 Å². The minimum absolute atomic E-state index is 0.0328. The number of carbonyl (C=O) groups is 1. The van der Waals surface area contributed by atoms with E-state index >= 15 is 0 Å². The van der Waals surface area contributed by atoms with Crippen LogP contribution in [-0.4, -0.2) is 47.0 Å². The Labute approximate surface area is 170 Å². The molecule has 0 unspecified atom stereocenters. The molecule has 6 heteroatoms. The smallest absolute Gasteiger partial charge is 0.246 e. The van der Waals surface area contributed by atoms with Gasteiger partial charge in [-0.15, -0.1) is 0 Å². The molecule has 1 aliphatic heterocycles. The first-order valence-electron chi connectivity index (χ1n) is 9.12. The highest BCUT2D eigenvalue weighted by Crippen LogP contribution is 2.32. The van der Waals surface area contributed by atoms with Crippen molar-refractivity contribution in [2.24, 2.45) is 0 Å². The highest BCUT2D eigenvalue weighted by molar-refractivity contribution is 6.33. The zero-order chi connectivity index (χ0) is 20.1. The van der Waals surface area contributed by atoms with Crippen molar-refractivity contribution in [2.45, 2.75) is 6.92 Å². The zero-order valence-electron chi connectivity index (χ0n) is 15.9. The van der Waals surface area contributed by atoms with Crippen LogP contribution in [0.25, 0.3) is 16.5 Å². The minimum Gasteiger partial charge on any atom is -0.352 e. The van der Waals surface area contributed by atoms with Crippen molar-refractivity contribution in [3.8, 4) is 0 Å². The van der Waals surface area contributed by atoms with E-state index < -0.39 is 0 Å². The second kappa shape index (κ2) is 8.85. The first kappa shape index (κ1) is 19.8. The Morgan fingerprint density at radius 3 is 2.57 bits per heavy atom. The van der Waals surface area contributed by atoms with Crippen LogP contribution >= 0.6 is 11.6 Å². The summed E-state index contributed by atoms with van der Waals surface area (Å²) < 4.78 is 0. The Hall–Kier alpha value is -2.92. The molecule has 1 aliphatic rings. The molecule has 1 amide bonds. The predicted molar refractivity (Wildman–Crippen MR) is 117 cm³/mol. The number of hydrogen-bond acceptors (Lipinski definition) is 4. The molecule has 0 atom stereocenters. The lowest BCUT2D eigenvalue weighted by atomic mass is 10.0. The van der Waals surface area contributed by atoms with E-state index in [4.69, 9.17) is 11.6 Å². The number of aromatic nitrogens is 2. The molecule has 0 bridgehead atoms. The maximum Gasteiger partial charge on any atom is 0.246 e. The van der Waals surface area contributed by atoms with Crippen LogP contribution < -0.4 is 4.90 Å². The summed E-state index contributed by atoms with van der Waals surface area (Å²) in [4.78, 5) is 24.7. The predicted octanol–water partition coefficient (Wildman–Crippen LogP) is 4.26. The fourth-order valence-electron chi connectivity index (χ4n) is 3.25. The standard InChI is InChI=1S/C22H23ClN4O/c1-4-6-7-8-16(3)17-13-18-20(14-19(17)23)24-15-25-22(18)27-11-9-26(10-12-27)21(28)5-2/h4-8,13-15H,1-2,9-12H2,3H3/b7-6-,16-8+. The van der Waals surface area contributed by atoms with Crippen LogP contribution in [0.5, 0.6) is 0 Å². The van der Waals surface area contributed by atoms with Gasteiger partial charge in [-0.25, -0.2) is 9.97 Å². The number of piperazine rings is 1. The van der Waals surface area contributed by atoms with E-state index in [1.807, 2.05) is 37.3 Å². The van der Waals surface area contributed by atoms with Crippen molar-refractivity contribution >= 4 is 39.8 Å². The number of hydrogen-bond donors (Lipinski definition) is 0. The lowest BCUT2D eigenvalue weighted by molar-refractivity contribution is -0.126. The monoisotopic (exact) mass is 394 g/mol. The van der Waals surface area contributed by atoms with Gasteiger partial charge in [0.25, 0.3) is 0 Å². The summed E-state index contributed by atoms with van der Waals surface area (Å²) in [5, 5.41) is 1.60. The van der Waals surface area contributed by atoms with Crippen LogP contribution in [0, 0.1) is 0 Å². The lowest BCUT2D eigenvalue weighted by Gasteiger charge is -2.35. The van der Waals surface area contributed by atoms with Crippen molar-refractivity contribution in [1.82, 2.24) is 14.9 Å². The summed E-state index contributed by atoms with van der Waals surface area (Å²) in [5.74, 6) is 0.831. The summed E-state index contributed by atoms with van der Waals surface area (Å²) in [6, 6.07) is 3.92. The number of fused-ring (bicyclic) bond motifs is 1. The molecule has 1 saturated heterocycles. The third-order valence-corrected chi connectivity index (χ3v) is 5.10. The van der Waals surface area contributed by atoms with Gasteiger partial charge in [-0.1, -0.05) is 49.1 Å². The van der Waals surface area contributed by atoms with Gasteiger partial charge in [-0.05, 0) is 36.3 Å². The van der Waals surface area contributed by atoms with Gasteiger partial charge in [0.1, 0.15) is 12.1 Å². The summed E-state index contributed by atoms with van der Waals surface area (Å²) in [6.07, 6.45) is 10.5. The fraction of sp³-hybridized carbons (Fsp3) is 0.227. The molecular weight excluding hydrogens is 372 g/mol. The Bertz CT molecular complexity index is 972. The van der Waals surface area contributed by atoms with Gasteiger partial charge in [0.15, 0.2) is 0 Å².